The summed E-state index contributed by atoms with van der Waals surface area (Å²) < 4.78 is 0. The lowest BCUT2D eigenvalue weighted by Gasteiger charge is -2.47. The van der Waals surface area contributed by atoms with E-state index in [1.807, 2.05) is 0 Å². The Morgan fingerprint density at radius 2 is 1.71 bits per heavy atom. The normalized spacial score (nSPS) is 29.1. The molecule has 2 nitrogen and oxygen atoms in total. The topological polar surface area (TPSA) is 46.2 Å². The SMILES string of the molecule is CC(O)(CC1CCC1)C1(CN)CCCCCC1. The molecule has 0 radical (unpaired) electrons. The maximum absolute atomic E-state index is 11.0. The standard InChI is InChI=1S/C15H29NO/c1-14(17,11-13-7-6-8-13)15(12-16)9-4-2-3-5-10-15/h13,17H,2-12,16H2,1H3. The van der Waals surface area contributed by atoms with Gasteiger partial charge in [-0.3, -0.25) is 0 Å². The Balaban J connectivity index is 2.06. The zero-order valence-corrected chi connectivity index (χ0v) is 11.4. The summed E-state index contributed by atoms with van der Waals surface area (Å²) in [7, 11) is 0. The van der Waals surface area contributed by atoms with Crippen LogP contribution in [0, 0.1) is 11.3 Å². The first-order chi connectivity index (χ1) is 8.10. The monoisotopic (exact) mass is 239 g/mol. The fourth-order valence-electron chi connectivity index (χ4n) is 3.84. The van der Waals surface area contributed by atoms with Gasteiger partial charge in [0, 0.05) is 12.0 Å². The second kappa shape index (κ2) is 5.27. The lowest BCUT2D eigenvalue weighted by molar-refractivity contribution is -0.0966. The van der Waals surface area contributed by atoms with Crippen molar-refractivity contribution in [3.63, 3.8) is 0 Å². The maximum atomic E-state index is 11.0. The van der Waals surface area contributed by atoms with Crippen molar-refractivity contribution < 1.29 is 5.11 Å². The van der Waals surface area contributed by atoms with Crippen molar-refractivity contribution in [2.24, 2.45) is 17.1 Å². The third-order valence-electron chi connectivity index (χ3n) is 5.50. The van der Waals surface area contributed by atoms with Gasteiger partial charge in [0.25, 0.3) is 0 Å². The molecule has 17 heavy (non-hydrogen) atoms. The van der Waals surface area contributed by atoms with E-state index in [0.29, 0.717) is 6.54 Å². The van der Waals surface area contributed by atoms with Crippen LogP contribution in [-0.4, -0.2) is 17.3 Å². The van der Waals surface area contributed by atoms with Gasteiger partial charge in [-0.2, -0.15) is 0 Å². The molecule has 0 saturated heterocycles. The molecule has 0 aromatic heterocycles. The molecule has 0 heterocycles. The average molecular weight is 239 g/mol. The van der Waals surface area contributed by atoms with Crippen LogP contribution in [0.2, 0.25) is 0 Å². The predicted molar refractivity (Wildman–Crippen MR) is 71.8 cm³/mol. The van der Waals surface area contributed by atoms with Gasteiger partial charge in [0.05, 0.1) is 5.60 Å². The molecule has 2 rings (SSSR count). The Kier molecular flexibility index (Phi) is 4.14. The molecule has 0 aromatic carbocycles. The van der Waals surface area contributed by atoms with Gasteiger partial charge in [0.1, 0.15) is 0 Å². The number of hydrogen-bond acceptors (Lipinski definition) is 2. The van der Waals surface area contributed by atoms with E-state index in [9.17, 15) is 5.11 Å². The van der Waals surface area contributed by atoms with E-state index in [0.717, 1.165) is 25.2 Å². The molecule has 0 amide bonds. The Labute approximate surface area is 106 Å². The van der Waals surface area contributed by atoms with Crippen LogP contribution in [0.1, 0.15) is 71.1 Å². The minimum Gasteiger partial charge on any atom is -0.390 e. The molecule has 2 fully saturated rings. The minimum atomic E-state index is -0.544. The van der Waals surface area contributed by atoms with Crippen molar-refractivity contribution in [1.29, 1.82) is 0 Å². The molecular formula is C15H29NO. The Bertz CT molecular complexity index is 237. The summed E-state index contributed by atoms with van der Waals surface area (Å²) in [5.41, 5.74) is 5.52. The van der Waals surface area contributed by atoms with Gasteiger partial charge in [-0.05, 0) is 32.1 Å². The highest BCUT2D eigenvalue weighted by molar-refractivity contribution is 4.99. The van der Waals surface area contributed by atoms with E-state index in [4.69, 9.17) is 5.73 Å². The van der Waals surface area contributed by atoms with Crippen molar-refractivity contribution in [2.45, 2.75) is 76.7 Å². The summed E-state index contributed by atoms with van der Waals surface area (Å²) in [6, 6.07) is 0. The van der Waals surface area contributed by atoms with E-state index in [-0.39, 0.29) is 5.41 Å². The Morgan fingerprint density at radius 1 is 1.12 bits per heavy atom. The number of hydrogen-bond donors (Lipinski definition) is 2. The first kappa shape index (κ1) is 13.4. The van der Waals surface area contributed by atoms with Crippen LogP contribution in [0.5, 0.6) is 0 Å². The molecule has 0 aromatic rings. The highest BCUT2D eigenvalue weighted by Crippen LogP contribution is 2.48. The fraction of sp³-hybridized carbons (Fsp3) is 1.00. The van der Waals surface area contributed by atoms with Gasteiger partial charge in [-0.1, -0.05) is 44.9 Å². The van der Waals surface area contributed by atoms with Crippen molar-refractivity contribution in [1.82, 2.24) is 0 Å². The Morgan fingerprint density at radius 3 is 2.12 bits per heavy atom. The van der Waals surface area contributed by atoms with Crippen molar-refractivity contribution >= 4 is 0 Å². The van der Waals surface area contributed by atoms with Crippen LogP contribution in [0.4, 0.5) is 0 Å². The lowest BCUT2D eigenvalue weighted by atomic mass is 9.62. The quantitative estimate of drug-likeness (QED) is 0.740. The largest absolute Gasteiger partial charge is 0.390 e. The van der Waals surface area contributed by atoms with Gasteiger partial charge in [-0.25, -0.2) is 0 Å². The second-order valence-corrected chi connectivity index (χ2v) is 6.67. The number of aliphatic hydroxyl groups is 1. The predicted octanol–water partition coefficient (Wildman–Crippen LogP) is 3.23. The van der Waals surface area contributed by atoms with E-state index in [2.05, 4.69) is 6.92 Å². The summed E-state index contributed by atoms with van der Waals surface area (Å²) in [6.45, 7) is 2.72. The first-order valence-corrected chi connectivity index (χ1v) is 7.52. The minimum absolute atomic E-state index is 0.000903. The zero-order chi connectivity index (χ0) is 12.4. The van der Waals surface area contributed by atoms with Crippen LogP contribution in [0.3, 0.4) is 0 Å². The van der Waals surface area contributed by atoms with Gasteiger partial charge in [0.15, 0.2) is 0 Å². The van der Waals surface area contributed by atoms with Gasteiger partial charge < -0.3 is 10.8 Å². The summed E-state index contributed by atoms with van der Waals surface area (Å²) in [5, 5.41) is 11.0. The van der Waals surface area contributed by atoms with E-state index in [1.54, 1.807) is 0 Å². The zero-order valence-electron chi connectivity index (χ0n) is 11.4. The summed E-state index contributed by atoms with van der Waals surface area (Å²) in [4.78, 5) is 0. The van der Waals surface area contributed by atoms with Crippen LogP contribution >= 0.6 is 0 Å². The molecule has 100 valence electrons. The maximum Gasteiger partial charge on any atom is 0.0690 e. The smallest absolute Gasteiger partial charge is 0.0690 e. The highest BCUT2D eigenvalue weighted by atomic mass is 16.3. The number of rotatable bonds is 4. The summed E-state index contributed by atoms with van der Waals surface area (Å²) in [6.07, 6.45) is 12.4. The molecule has 2 aliphatic rings. The molecule has 1 unspecified atom stereocenters. The van der Waals surface area contributed by atoms with Crippen molar-refractivity contribution in [2.75, 3.05) is 6.54 Å². The Hall–Kier alpha value is -0.0800. The molecule has 2 aliphatic carbocycles. The highest BCUT2D eigenvalue weighted by Gasteiger charge is 2.47. The van der Waals surface area contributed by atoms with Crippen LogP contribution in [0.25, 0.3) is 0 Å². The average Bonchev–Trinajstić information content (AvgIpc) is 2.50. The van der Waals surface area contributed by atoms with Crippen LogP contribution in [0.15, 0.2) is 0 Å². The van der Waals surface area contributed by atoms with E-state index in [1.165, 1.54) is 44.9 Å². The summed E-state index contributed by atoms with van der Waals surface area (Å²) in [5.74, 6) is 0.761. The van der Waals surface area contributed by atoms with Crippen LogP contribution in [-0.2, 0) is 0 Å². The second-order valence-electron chi connectivity index (χ2n) is 6.67. The van der Waals surface area contributed by atoms with Gasteiger partial charge in [-0.15, -0.1) is 0 Å². The number of nitrogens with two attached hydrogens (primary N) is 1. The molecule has 1 atom stereocenters. The van der Waals surface area contributed by atoms with E-state index < -0.39 is 5.60 Å². The van der Waals surface area contributed by atoms with Crippen LogP contribution < -0.4 is 5.73 Å². The molecule has 0 spiro atoms. The molecule has 2 saturated carbocycles. The third kappa shape index (κ3) is 2.68. The first-order valence-electron chi connectivity index (χ1n) is 7.52. The van der Waals surface area contributed by atoms with Crippen molar-refractivity contribution in [3.05, 3.63) is 0 Å². The van der Waals surface area contributed by atoms with Gasteiger partial charge >= 0.3 is 0 Å². The molecule has 0 aliphatic heterocycles. The molecule has 3 N–H and O–H groups in total. The molecule has 0 bridgehead atoms. The lowest BCUT2D eigenvalue weighted by Crippen LogP contribution is -2.52. The van der Waals surface area contributed by atoms with E-state index >= 15 is 0 Å². The third-order valence-corrected chi connectivity index (χ3v) is 5.50. The summed E-state index contributed by atoms with van der Waals surface area (Å²) >= 11 is 0. The van der Waals surface area contributed by atoms with Gasteiger partial charge in [0.2, 0.25) is 0 Å². The molecule has 2 heteroatoms. The fourth-order valence-corrected chi connectivity index (χ4v) is 3.84. The molecular weight excluding hydrogens is 210 g/mol. The van der Waals surface area contributed by atoms with Crippen molar-refractivity contribution in [3.8, 4) is 0 Å².